The summed E-state index contributed by atoms with van der Waals surface area (Å²) in [4.78, 5) is 10.6. The standard InChI is InChI=1S/C16H12O3.Na/c17-15(18)10-19-16-13-7-3-1-5-11(13)9-12-6-2-4-8-14(12)16;/h1-9H,10H2,(H,17,18);/q;+1/p-1. The van der Waals surface area contributed by atoms with Gasteiger partial charge < -0.3 is 14.6 Å². The van der Waals surface area contributed by atoms with Crippen molar-refractivity contribution in [3.05, 3.63) is 54.6 Å². The first-order valence-corrected chi connectivity index (χ1v) is 5.99. The third-order valence-corrected chi connectivity index (χ3v) is 3.06. The maximum atomic E-state index is 10.6. The van der Waals surface area contributed by atoms with Crippen LogP contribution in [0.4, 0.5) is 0 Å². The maximum Gasteiger partial charge on any atom is 1.00 e. The predicted molar refractivity (Wildman–Crippen MR) is 72.0 cm³/mol. The van der Waals surface area contributed by atoms with Gasteiger partial charge in [-0.25, -0.2) is 0 Å². The fourth-order valence-corrected chi connectivity index (χ4v) is 2.26. The van der Waals surface area contributed by atoms with Crippen LogP contribution in [0.3, 0.4) is 0 Å². The second-order valence-electron chi connectivity index (χ2n) is 4.31. The smallest absolute Gasteiger partial charge is 0.546 e. The summed E-state index contributed by atoms with van der Waals surface area (Å²) in [6.07, 6.45) is 0. The van der Waals surface area contributed by atoms with Gasteiger partial charge in [-0.3, -0.25) is 0 Å². The topological polar surface area (TPSA) is 49.4 Å². The Labute approximate surface area is 138 Å². The van der Waals surface area contributed by atoms with E-state index in [-0.39, 0.29) is 29.6 Å². The van der Waals surface area contributed by atoms with Crippen molar-refractivity contribution in [3.8, 4) is 5.75 Å². The van der Waals surface area contributed by atoms with Crippen LogP contribution < -0.4 is 39.4 Å². The van der Waals surface area contributed by atoms with Crippen molar-refractivity contribution >= 4 is 27.5 Å². The van der Waals surface area contributed by atoms with Gasteiger partial charge in [-0.1, -0.05) is 48.5 Å². The Hall–Kier alpha value is -1.55. The number of carbonyl (C=O) groups excluding carboxylic acids is 1. The Balaban J connectivity index is 0.00000147. The molecule has 0 aliphatic rings. The number of fused-ring (bicyclic) bond motifs is 2. The fraction of sp³-hybridized carbons (Fsp3) is 0.0625. The maximum absolute atomic E-state index is 10.6. The number of benzene rings is 3. The van der Waals surface area contributed by atoms with Crippen molar-refractivity contribution in [2.45, 2.75) is 0 Å². The van der Waals surface area contributed by atoms with Crippen LogP contribution >= 0.6 is 0 Å². The van der Waals surface area contributed by atoms with Gasteiger partial charge in [-0.2, -0.15) is 0 Å². The monoisotopic (exact) mass is 274 g/mol. The number of rotatable bonds is 3. The van der Waals surface area contributed by atoms with Crippen LogP contribution in [0.25, 0.3) is 21.5 Å². The van der Waals surface area contributed by atoms with Gasteiger partial charge in [0.2, 0.25) is 0 Å². The normalized spacial score (nSPS) is 10.2. The van der Waals surface area contributed by atoms with E-state index in [4.69, 9.17) is 4.74 Å². The van der Waals surface area contributed by atoms with Crippen LogP contribution in [-0.2, 0) is 4.79 Å². The molecule has 0 aliphatic heterocycles. The molecule has 0 amide bonds. The van der Waals surface area contributed by atoms with E-state index in [2.05, 4.69) is 6.07 Å². The Morgan fingerprint density at radius 2 is 1.45 bits per heavy atom. The summed E-state index contributed by atoms with van der Waals surface area (Å²) in [6.45, 7) is -0.446. The quantitative estimate of drug-likeness (QED) is 0.460. The number of aliphatic carboxylic acids is 1. The Bertz CT molecular complexity index is 714. The van der Waals surface area contributed by atoms with E-state index in [0.717, 1.165) is 21.5 Å². The minimum absolute atomic E-state index is 0. The summed E-state index contributed by atoms with van der Waals surface area (Å²) in [5.41, 5.74) is 0. The largest absolute Gasteiger partial charge is 1.00 e. The molecule has 0 saturated carbocycles. The van der Waals surface area contributed by atoms with E-state index in [1.54, 1.807) is 0 Å². The molecule has 3 nitrogen and oxygen atoms in total. The van der Waals surface area contributed by atoms with Gasteiger partial charge in [-0.05, 0) is 16.8 Å². The van der Waals surface area contributed by atoms with E-state index < -0.39 is 12.6 Å². The van der Waals surface area contributed by atoms with Crippen LogP contribution in [-0.4, -0.2) is 12.6 Å². The third kappa shape index (κ3) is 2.80. The van der Waals surface area contributed by atoms with Gasteiger partial charge in [0.1, 0.15) is 12.4 Å². The SMILES string of the molecule is O=C([O-])COc1c2ccccc2cc2ccccc12.[Na+]. The van der Waals surface area contributed by atoms with Crippen LogP contribution in [0.15, 0.2) is 54.6 Å². The minimum atomic E-state index is -1.22. The number of carboxylic acids is 1. The molecule has 0 saturated heterocycles. The van der Waals surface area contributed by atoms with Crippen molar-refractivity contribution in [2.24, 2.45) is 0 Å². The first-order chi connectivity index (χ1) is 9.25. The van der Waals surface area contributed by atoms with Crippen LogP contribution in [0.2, 0.25) is 0 Å². The van der Waals surface area contributed by atoms with Gasteiger partial charge >= 0.3 is 29.6 Å². The molecule has 94 valence electrons. The molecule has 0 N–H and O–H groups in total. The second-order valence-corrected chi connectivity index (χ2v) is 4.31. The van der Waals surface area contributed by atoms with Crippen molar-refractivity contribution in [2.75, 3.05) is 6.61 Å². The van der Waals surface area contributed by atoms with Crippen molar-refractivity contribution in [3.63, 3.8) is 0 Å². The summed E-state index contributed by atoms with van der Waals surface area (Å²) in [7, 11) is 0. The zero-order chi connectivity index (χ0) is 13.2. The predicted octanol–water partition coefficient (Wildman–Crippen LogP) is -0.874. The van der Waals surface area contributed by atoms with E-state index >= 15 is 0 Å². The first-order valence-electron chi connectivity index (χ1n) is 5.99. The molecule has 0 radical (unpaired) electrons. The molecule has 0 aromatic heterocycles. The van der Waals surface area contributed by atoms with Crippen molar-refractivity contribution in [1.29, 1.82) is 0 Å². The third-order valence-electron chi connectivity index (χ3n) is 3.06. The number of hydrogen-bond acceptors (Lipinski definition) is 3. The van der Waals surface area contributed by atoms with Crippen LogP contribution in [0.1, 0.15) is 0 Å². The number of carboxylic acid groups (broad SMARTS) is 1. The van der Waals surface area contributed by atoms with Crippen molar-refractivity contribution in [1.82, 2.24) is 0 Å². The molecule has 0 fully saturated rings. The fourth-order valence-electron chi connectivity index (χ4n) is 2.26. The molecule has 20 heavy (non-hydrogen) atoms. The number of hydrogen-bond donors (Lipinski definition) is 0. The molecule has 0 aliphatic carbocycles. The van der Waals surface area contributed by atoms with E-state index in [1.807, 2.05) is 48.5 Å². The summed E-state index contributed by atoms with van der Waals surface area (Å²) in [5, 5.41) is 14.5. The molecule has 3 rings (SSSR count). The molecule has 3 aromatic carbocycles. The van der Waals surface area contributed by atoms with E-state index in [9.17, 15) is 9.90 Å². The summed E-state index contributed by atoms with van der Waals surface area (Å²) in [5.74, 6) is -0.630. The zero-order valence-electron chi connectivity index (χ0n) is 11.1. The molecule has 0 spiro atoms. The molecular formula is C16H11NaO3. The Morgan fingerprint density at radius 3 is 1.95 bits per heavy atom. The minimum Gasteiger partial charge on any atom is -0.546 e. The van der Waals surface area contributed by atoms with E-state index in [0.29, 0.717) is 5.75 Å². The van der Waals surface area contributed by atoms with Crippen molar-refractivity contribution < 1.29 is 44.2 Å². The number of ether oxygens (including phenoxy) is 1. The average molecular weight is 274 g/mol. The second kappa shape index (κ2) is 6.27. The molecule has 0 atom stereocenters. The first kappa shape index (κ1) is 14.9. The Morgan fingerprint density at radius 1 is 0.950 bits per heavy atom. The van der Waals surface area contributed by atoms with Gasteiger partial charge in [0.15, 0.2) is 0 Å². The van der Waals surface area contributed by atoms with Gasteiger partial charge in [0, 0.05) is 10.8 Å². The molecule has 0 bridgehead atoms. The van der Waals surface area contributed by atoms with Gasteiger partial charge in [0.05, 0.1) is 5.97 Å². The summed E-state index contributed by atoms with van der Waals surface area (Å²) < 4.78 is 5.43. The van der Waals surface area contributed by atoms with Gasteiger partial charge in [0.25, 0.3) is 0 Å². The summed E-state index contributed by atoms with van der Waals surface area (Å²) in [6, 6.07) is 17.6. The van der Waals surface area contributed by atoms with Crippen LogP contribution in [0, 0.1) is 0 Å². The number of carbonyl (C=O) groups is 1. The molecule has 0 unspecified atom stereocenters. The summed E-state index contributed by atoms with van der Waals surface area (Å²) >= 11 is 0. The van der Waals surface area contributed by atoms with Gasteiger partial charge in [-0.15, -0.1) is 0 Å². The molecular weight excluding hydrogens is 263 g/mol. The van der Waals surface area contributed by atoms with E-state index in [1.165, 1.54) is 0 Å². The molecule has 4 heteroatoms. The van der Waals surface area contributed by atoms with Crippen LogP contribution in [0.5, 0.6) is 5.75 Å². The Kier molecular flexibility index (Phi) is 4.65. The molecule has 0 heterocycles. The average Bonchev–Trinajstić information content (AvgIpc) is 2.43. The molecule has 3 aromatic rings. The zero-order valence-corrected chi connectivity index (χ0v) is 13.1.